The van der Waals surface area contributed by atoms with Gasteiger partial charge in [-0.25, -0.2) is 44.9 Å². The van der Waals surface area contributed by atoms with E-state index in [2.05, 4.69) is 224 Å². The molecule has 3 aliphatic rings. The van der Waals surface area contributed by atoms with Crippen molar-refractivity contribution in [1.82, 2.24) is 44.9 Å². The smallest absolute Gasteiger partial charge is 0.193 e. The Bertz CT molecular complexity index is 8240. The lowest BCUT2D eigenvalue weighted by Crippen LogP contribution is -2.30. The molecule has 0 N–H and O–H groups in total. The van der Waals surface area contributed by atoms with Gasteiger partial charge in [-0.1, -0.05) is 472 Å². The normalized spacial score (nSPS) is 13.1. The zero-order valence-electron chi connectivity index (χ0n) is 78.6. The zero-order valence-corrected chi connectivity index (χ0v) is 78.6. The SMILES string of the molecule is CC1(C)c2ccccc2C(=O)c2cc(-c3ccccc3-c3ccc(-c4nc(-c5ccccc5)nc(-c5ccccc5)n4)cc3)ccc21.CC1(C)c2ccccc2C(=O)c2cc(-c3ccccc3-c3cccc(-c4nc(-c5ccccc5)nc(-c5ccccc5)n4)c3)ccc21.CC1(C)c2ccccc2C(=O)c2cc(-c3ccccc3-c3ccccc3-c3nc(-c4ccccc4)nc(-c4ccccc4)n3)ccc21. The Balaban J connectivity index is 0.000000121. The van der Waals surface area contributed by atoms with Crippen molar-refractivity contribution in [3.05, 3.63) is 522 Å². The summed E-state index contributed by atoms with van der Waals surface area (Å²) in [6, 6.07) is 153. The second kappa shape index (κ2) is 37.2. The molecule has 3 aliphatic carbocycles. The van der Waals surface area contributed by atoms with Gasteiger partial charge < -0.3 is 0 Å². The largest absolute Gasteiger partial charge is 0.289 e. The molecule has 0 spiro atoms. The molecule has 0 saturated heterocycles. The van der Waals surface area contributed by atoms with Crippen molar-refractivity contribution >= 4 is 17.3 Å². The molecular formula is C129H93N9O3. The number of nitrogens with zero attached hydrogens (tertiary/aromatic N) is 9. The molecule has 18 aromatic carbocycles. The predicted octanol–water partition coefficient (Wildman–Crippen LogP) is 30.2. The van der Waals surface area contributed by atoms with Gasteiger partial charge in [-0.2, -0.15) is 0 Å². The number of rotatable bonds is 15. The third kappa shape index (κ3) is 16.9. The van der Waals surface area contributed by atoms with Gasteiger partial charge in [0, 0.05) is 99.7 Å². The number of carbonyl (C=O) groups excluding carboxylic acids is 3. The summed E-state index contributed by atoms with van der Waals surface area (Å²) in [6.45, 7) is 13.2. The van der Waals surface area contributed by atoms with Crippen LogP contribution < -0.4 is 0 Å². The maximum Gasteiger partial charge on any atom is 0.193 e. The van der Waals surface area contributed by atoms with E-state index in [1.807, 2.05) is 273 Å². The lowest BCUT2D eigenvalue weighted by molar-refractivity contribution is 0.102. The number of ketones is 3. The first kappa shape index (κ1) is 88.3. The molecule has 0 bridgehead atoms. The Morgan fingerprint density at radius 2 is 0.305 bits per heavy atom. The highest BCUT2D eigenvalue weighted by molar-refractivity contribution is 6.16. The second-order valence-corrected chi connectivity index (χ2v) is 37.2. The summed E-state index contributed by atoms with van der Waals surface area (Å²) in [5, 5.41) is 0. The molecular weight excluding hydrogens is 1720 g/mol. The Kier molecular flexibility index (Phi) is 23.3. The summed E-state index contributed by atoms with van der Waals surface area (Å²) >= 11 is 0. The van der Waals surface area contributed by atoms with E-state index in [1.165, 1.54) is 0 Å². The molecule has 141 heavy (non-hydrogen) atoms. The highest BCUT2D eigenvalue weighted by Gasteiger charge is 2.40. The quantitative estimate of drug-likeness (QED) is 0.0954. The van der Waals surface area contributed by atoms with Gasteiger partial charge in [0.2, 0.25) is 0 Å². The van der Waals surface area contributed by atoms with Crippen molar-refractivity contribution in [2.45, 2.75) is 57.8 Å². The summed E-state index contributed by atoms with van der Waals surface area (Å²) in [5.74, 6) is 5.83. The van der Waals surface area contributed by atoms with Gasteiger partial charge in [0.15, 0.2) is 69.8 Å². The van der Waals surface area contributed by atoms with Crippen LogP contribution in [-0.4, -0.2) is 62.2 Å². The van der Waals surface area contributed by atoms with E-state index in [-0.39, 0.29) is 33.6 Å². The van der Waals surface area contributed by atoms with Crippen LogP contribution in [0.15, 0.2) is 455 Å². The second-order valence-electron chi connectivity index (χ2n) is 37.2. The monoisotopic (exact) mass is 1820 g/mol. The molecule has 12 heteroatoms. The van der Waals surface area contributed by atoms with Crippen LogP contribution in [0.1, 0.15) is 123 Å². The molecule has 0 aliphatic heterocycles. The number of fused-ring (bicyclic) bond motifs is 6. The van der Waals surface area contributed by atoms with Gasteiger partial charge in [0.1, 0.15) is 0 Å². The molecule has 24 rings (SSSR count). The maximum absolute atomic E-state index is 13.8. The van der Waals surface area contributed by atoms with Gasteiger partial charge in [0.25, 0.3) is 0 Å². The Morgan fingerprint density at radius 1 is 0.128 bits per heavy atom. The number of hydrogen-bond donors (Lipinski definition) is 0. The molecule has 3 heterocycles. The highest BCUT2D eigenvalue weighted by atomic mass is 16.1. The van der Waals surface area contributed by atoms with Gasteiger partial charge in [-0.3, -0.25) is 14.4 Å². The van der Waals surface area contributed by atoms with E-state index >= 15 is 0 Å². The van der Waals surface area contributed by atoms with Crippen LogP contribution in [0.2, 0.25) is 0 Å². The van der Waals surface area contributed by atoms with Crippen molar-refractivity contribution in [2.75, 3.05) is 0 Å². The van der Waals surface area contributed by atoms with Crippen LogP contribution in [0, 0.1) is 0 Å². The first-order valence-electron chi connectivity index (χ1n) is 47.5. The lowest BCUT2D eigenvalue weighted by Gasteiger charge is -2.34. The number of aromatic nitrogens is 9. The fourth-order valence-electron chi connectivity index (χ4n) is 20.2. The Hall–Kier alpha value is -18.0. The molecule has 0 saturated carbocycles. The molecule has 0 radical (unpaired) electrons. The molecule has 672 valence electrons. The Morgan fingerprint density at radius 3 is 0.603 bits per heavy atom. The van der Waals surface area contributed by atoms with Crippen molar-refractivity contribution in [3.8, 4) is 169 Å². The summed E-state index contributed by atoms with van der Waals surface area (Å²) in [7, 11) is 0. The van der Waals surface area contributed by atoms with Gasteiger partial charge in [0.05, 0.1) is 0 Å². The lowest BCUT2D eigenvalue weighted by atomic mass is 9.68. The minimum absolute atomic E-state index is 0.0710. The average molecular weight is 1820 g/mol. The van der Waals surface area contributed by atoms with E-state index in [0.717, 1.165) is 184 Å². The van der Waals surface area contributed by atoms with E-state index in [0.29, 0.717) is 52.4 Å². The van der Waals surface area contributed by atoms with Crippen LogP contribution in [0.4, 0.5) is 0 Å². The minimum Gasteiger partial charge on any atom is -0.289 e. The van der Waals surface area contributed by atoms with Crippen molar-refractivity contribution in [1.29, 1.82) is 0 Å². The summed E-state index contributed by atoms with van der Waals surface area (Å²) in [5.41, 5.74) is 31.0. The first-order valence-corrected chi connectivity index (χ1v) is 47.5. The number of benzene rings is 18. The molecule has 0 atom stereocenters. The summed E-state index contributed by atoms with van der Waals surface area (Å²) in [4.78, 5) is 85.6. The fourth-order valence-corrected chi connectivity index (χ4v) is 20.2. The van der Waals surface area contributed by atoms with Crippen molar-refractivity contribution < 1.29 is 14.4 Å². The average Bonchev–Trinajstić information content (AvgIpc) is 0.737. The van der Waals surface area contributed by atoms with Gasteiger partial charge in [-0.15, -0.1) is 0 Å². The number of carbonyl (C=O) groups is 3. The van der Waals surface area contributed by atoms with E-state index in [1.54, 1.807) is 0 Å². The molecule has 0 unspecified atom stereocenters. The van der Waals surface area contributed by atoms with Crippen LogP contribution in [0.5, 0.6) is 0 Å². The van der Waals surface area contributed by atoms with Gasteiger partial charge >= 0.3 is 0 Å². The van der Waals surface area contributed by atoms with Crippen molar-refractivity contribution in [3.63, 3.8) is 0 Å². The molecule has 3 aromatic heterocycles. The third-order valence-electron chi connectivity index (χ3n) is 27.5. The maximum atomic E-state index is 13.8. The molecule has 0 amide bonds. The minimum atomic E-state index is -0.282. The van der Waals surface area contributed by atoms with Crippen LogP contribution in [0.3, 0.4) is 0 Å². The van der Waals surface area contributed by atoms with E-state index < -0.39 is 0 Å². The fraction of sp³-hybridized carbons (Fsp3) is 0.0698. The van der Waals surface area contributed by atoms with E-state index in [9.17, 15) is 14.4 Å². The molecule has 0 fully saturated rings. The topological polar surface area (TPSA) is 167 Å². The highest BCUT2D eigenvalue weighted by Crippen LogP contribution is 2.49. The van der Waals surface area contributed by atoms with Gasteiger partial charge in [-0.05, 0) is 124 Å². The van der Waals surface area contributed by atoms with Crippen molar-refractivity contribution in [2.24, 2.45) is 0 Å². The number of hydrogen-bond acceptors (Lipinski definition) is 12. The third-order valence-corrected chi connectivity index (χ3v) is 27.5. The van der Waals surface area contributed by atoms with Crippen LogP contribution in [-0.2, 0) is 16.2 Å². The predicted molar refractivity (Wildman–Crippen MR) is 567 cm³/mol. The van der Waals surface area contributed by atoms with Crippen LogP contribution >= 0.6 is 0 Å². The standard InChI is InChI=1S/3C43H31N3O/c1-43(2)37-24-14-13-23-35(37)39(47)36-27-30(25-26-38(36)43)31-19-9-10-20-32(31)33-21-11-12-22-34(33)42-45-40(28-15-5-3-6-16-28)44-41(46-42)29-17-7-4-8-18-29;1-43(2)37-23-12-11-22-35(37)39(47)36-27-31(24-25-38(36)43)34-21-10-9-20-33(34)30-18-13-19-32(26-30)42-45-40(28-14-5-3-6-15-28)44-41(46-42)29-16-7-4-8-17-29;1-43(2)37-20-12-11-19-35(37)39(47)36-27-32(25-26-38(36)43)34-18-10-9-17-33(34)28-21-23-31(24-22-28)42-45-40(29-13-5-3-6-14-29)44-41(46-42)30-15-7-4-8-16-30/h3*3-27H,1-2H3. The Labute approximate surface area is 819 Å². The zero-order chi connectivity index (χ0) is 95.9. The first-order chi connectivity index (χ1) is 68.9. The summed E-state index contributed by atoms with van der Waals surface area (Å²) in [6.07, 6.45) is 0. The van der Waals surface area contributed by atoms with Crippen LogP contribution in [0.25, 0.3) is 169 Å². The summed E-state index contributed by atoms with van der Waals surface area (Å²) < 4.78 is 0. The molecule has 12 nitrogen and oxygen atoms in total. The molecule has 21 aromatic rings. The van der Waals surface area contributed by atoms with E-state index in [4.69, 9.17) is 44.9 Å².